The number of aryl methyl sites for hydroxylation is 1. The molecule has 1 saturated heterocycles. The zero-order chi connectivity index (χ0) is 25.5. The van der Waals surface area contributed by atoms with Crippen molar-refractivity contribution in [1.82, 2.24) is 4.90 Å². The maximum Gasteiger partial charge on any atom is 0.232 e. The molecule has 1 fully saturated rings. The van der Waals surface area contributed by atoms with Crippen molar-refractivity contribution in [3.8, 4) is 28.7 Å². The van der Waals surface area contributed by atoms with Gasteiger partial charge in [0.2, 0.25) is 12.6 Å². The smallest absolute Gasteiger partial charge is 0.232 e. The summed E-state index contributed by atoms with van der Waals surface area (Å²) in [6, 6.07) is 15.2. The fourth-order valence-corrected chi connectivity index (χ4v) is 5.07. The number of phenolic OH excluding ortho intramolecular Hbond substituents is 1. The second kappa shape index (κ2) is 9.37. The summed E-state index contributed by atoms with van der Waals surface area (Å²) in [5.74, 6) is 2.80. The van der Waals surface area contributed by atoms with E-state index in [4.69, 9.17) is 18.9 Å². The number of Topliss-reactive ketones (excluding diaryl/α,β-unsaturated/α-hetero) is 1. The number of carbonyl (C=O) groups is 1. The van der Waals surface area contributed by atoms with Gasteiger partial charge in [0.1, 0.15) is 17.2 Å². The molecule has 0 unspecified atom stereocenters. The number of rotatable bonds is 5. The fourth-order valence-electron chi connectivity index (χ4n) is 5.07. The number of phenols is 1. The number of hydrogen-bond acceptors (Lipinski definition) is 8. The molecule has 0 saturated carbocycles. The topological polar surface area (TPSA) is 80.7 Å². The first kappa shape index (κ1) is 23.2. The molecule has 0 atom stereocenters. The molecule has 0 aliphatic carbocycles. The van der Waals surface area contributed by atoms with E-state index in [1.165, 1.54) is 0 Å². The molecule has 0 aromatic heterocycles. The van der Waals surface area contributed by atoms with Gasteiger partial charge in [-0.1, -0.05) is 6.07 Å². The molecular weight excluding hydrogens is 472 g/mol. The molecule has 0 bridgehead atoms. The number of allylic oxidation sites excluding steroid dienone is 1. The first-order valence-corrected chi connectivity index (χ1v) is 12.3. The molecule has 6 rings (SSSR count). The summed E-state index contributed by atoms with van der Waals surface area (Å²) in [5, 5.41) is 10.8. The second-order valence-corrected chi connectivity index (χ2v) is 9.41. The third-order valence-electron chi connectivity index (χ3n) is 7.11. The number of fused-ring (bicyclic) bond motifs is 2. The molecule has 3 aliphatic heterocycles. The van der Waals surface area contributed by atoms with E-state index in [-0.39, 0.29) is 24.1 Å². The van der Waals surface area contributed by atoms with Gasteiger partial charge < -0.3 is 29.0 Å². The van der Waals surface area contributed by atoms with Gasteiger partial charge in [-0.05, 0) is 66.6 Å². The predicted molar refractivity (Wildman–Crippen MR) is 139 cm³/mol. The predicted octanol–water partition coefficient (Wildman–Crippen LogP) is 4.38. The van der Waals surface area contributed by atoms with E-state index in [0.717, 1.165) is 43.2 Å². The number of hydrogen-bond donors (Lipinski definition) is 1. The summed E-state index contributed by atoms with van der Waals surface area (Å²) in [4.78, 5) is 17.9. The highest BCUT2D eigenvalue weighted by molar-refractivity contribution is 6.15. The Morgan fingerprint density at radius 2 is 1.76 bits per heavy atom. The second-order valence-electron chi connectivity index (χ2n) is 9.41. The van der Waals surface area contributed by atoms with E-state index >= 15 is 0 Å². The summed E-state index contributed by atoms with van der Waals surface area (Å²) in [6.45, 7) is 5.86. The van der Waals surface area contributed by atoms with Crippen molar-refractivity contribution in [2.45, 2.75) is 13.5 Å². The first-order chi connectivity index (χ1) is 18.0. The molecule has 0 radical (unpaired) electrons. The minimum absolute atomic E-state index is 0.144. The number of benzene rings is 3. The SMILES string of the molecule is COc1ccc(N2CCN(Cc3c(O)cc(C)c4c3O/C(=C\c3ccc5c(c3)OCO5)C4=O)CC2)cc1. The Hall–Kier alpha value is -4.17. The monoisotopic (exact) mass is 500 g/mol. The summed E-state index contributed by atoms with van der Waals surface area (Å²) in [7, 11) is 1.67. The molecule has 37 heavy (non-hydrogen) atoms. The third-order valence-corrected chi connectivity index (χ3v) is 7.11. The van der Waals surface area contributed by atoms with E-state index in [1.807, 2.05) is 37.3 Å². The number of ether oxygens (including phenoxy) is 4. The van der Waals surface area contributed by atoms with Gasteiger partial charge in [0, 0.05) is 38.4 Å². The van der Waals surface area contributed by atoms with Crippen LogP contribution >= 0.6 is 0 Å². The molecule has 8 nitrogen and oxygen atoms in total. The fraction of sp³-hybridized carbons (Fsp3) is 0.276. The Bertz CT molecular complexity index is 1390. The first-order valence-electron chi connectivity index (χ1n) is 12.3. The Morgan fingerprint density at radius 1 is 1.00 bits per heavy atom. The van der Waals surface area contributed by atoms with Crippen LogP contribution in [0.1, 0.15) is 27.0 Å². The number of piperazine rings is 1. The average Bonchev–Trinajstić information content (AvgIpc) is 3.51. The minimum atomic E-state index is -0.184. The van der Waals surface area contributed by atoms with Gasteiger partial charge in [-0.25, -0.2) is 0 Å². The van der Waals surface area contributed by atoms with Crippen molar-refractivity contribution >= 4 is 17.5 Å². The van der Waals surface area contributed by atoms with Gasteiger partial charge in [-0.15, -0.1) is 0 Å². The molecule has 0 amide bonds. The highest BCUT2D eigenvalue weighted by Gasteiger charge is 2.34. The lowest BCUT2D eigenvalue weighted by atomic mass is 9.99. The molecule has 3 aromatic carbocycles. The van der Waals surface area contributed by atoms with E-state index < -0.39 is 0 Å². The molecule has 1 N–H and O–H groups in total. The number of anilines is 1. The Balaban J connectivity index is 1.20. The van der Waals surface area contributed by atoms with E-state index in [2.05, 4.69) is 21.9 Å². The van der Waals surface area contributed by atoms with Gasteiger partial charge in [0.15, 0.2) is 17.3 Å². The molecule has 8 heteroatoms. The number of aromatic hydroxyl groups is 1. The highest BCUT2D eigenvalue weighted by atomic mass is 16.7. The van der Waals surface area contributed by atoms with Gasteiger partial charge >= 0.3 is 0 Å². The lowest BCUT2D eigenvalue weighted by Gasteiger charge is -2.36. The van der Waals surface area contributed by atoms with Gasteiger partial charge in [0.05, 0.1) is 18.2 Å². The summed E-state index contributed by atoms with van der Waals surface area (Å²) >= 11 is 0. The zero-order valence-electron chi connectivity index (χ0n) is 20.8. The normalized spacial score (nSPS) is 17.7. The van der Waals surface area contributed by atoms with Crippen molar-refractivity contribution in [3.63, 3.8) is 0 Å². The summed E-state index contributed by atoms with van der Waals surface area (Å²) in [6.07, 6.45) is 1.71. The van der Waals surface area contributed by atoms with Crippen LogP contribution in [0.5, 0.6) is 28.7 Å². The summed E-state index contributed by atoms with van der Waals surface area (Å²) in [5.41, 5.74) is 3.78. The van der Waals surface area contributed by atoms with Crippen molar-refractivity contribution < 1.29 is 28.8 Å². The van der Waals surface area contributed by atoms with Crippen LogP contribution < -0.4 is 23.8 Å². The van der Waals surface area contributed by atoms with Crippen LogP contribution in [-0.4, -0.2) is 55.9 Å². The number of ketones is 1. The molecule has 3 aromatic rings. The van der Waals surface area contributed by atoms with Crippen molar-refractivity contribution in [3.05, 3.63) is 76.5 Å². The lowest BCUT2D eigenvalue weighted by Crippen LogP contribution is -2.46. The minimum Gasteiger partial charge on any atom is -0.507 e. The summed E-state index contributed by atoms with van der Waals surface area (Å²) < 4.78 is 22.2. The Morgan fingerprint density at radius 3 is 2.51 bits per heavy atom. The lowest BCUT2D eigenvalue weighted by molar-refractivity contribution is 0.101. The maximum absolute atomic E-state index is 13.3. The average molecular weight is 501 g/mol. The van der Waals surface area contributed by atoms with E-state index in [1.54, 1.807) is 19.3 Å². The molecule has 3 aliphatic rings. The van der Waals surface area contributed by atoms with Crippen LogP contribution in [0.2, 0.25) is 0 Å². The van der Waals surface area contributed by atoms with Gasteiger partial charge in [-0.3, -0.25) is 9.69 Å². The van der Waals surface area contributed by atoms with Gasteiger partial charge in [0.25, 0.3) is 0 Å². The van der Waals surface area contributed by atoms with Crippen LogP contribution in [0.3, 0.4) is 0 Å². The van der Waals surface area contributed by atoms with Crippen LogP contribution in [0.25, 0.3) is 6.08 Å². The van der Waals surface area contributed by atoms with Gasteiger partial charge in [-0.2, -0.15) is 0 Å². The Kier molecular flexibility index (Phi) is 5.88. The third kappa shape index (κ3) is 4.34. The zero-order valence-corrected chi connectivity index (χ0v) is 20.8. The highest BCUT2D eigenvalue weighted by Crippen LogP contribution is 2.43. The molecule has 3 heterocycles. The van der Waals surface area contributed by atoms with Crippen molar-refractivity contribution in [1.29, 1.82) is 0 Å². The van der Waals surface area contributed by atoms with Crippen molar-refractivity contribution in [2.75, 3.05) is 45.0 Å². The molecule has 190 valence electrons. The van der Waals surface area contributed by atoms with Crippen LogP contribution in [0, 0.1) is 6.92 Å². The van der Waals surface area contributed by atoms with E-state index in [9.17, 15) is 9.90 Å². The molecular formula is C29H28N2O6. The van der Waals surface area contributed by atoms with Crippen molar-refractivity contribution in [2.24, 2.45) is 0 Å². The number of carbonyl (C=O) groups excluding carboxylic acids is 1. The molecule has 0 spiro atoms. The Labute approximate surface area is 215 Å². The maximum atomic E-state index is 13.3. The number of nitrogens with zero attached hydrogens (tertiary/aromatic N) is 2. The largest absolute Gasteiger partial charge is 0.507 e. The quantitative estimate of drug-likeness (QED) is 0.517. The van der Waals surface area contributed by atoms with Crippen LogP contribution in [0.4, 0.5) is 5.69 Å². The van der Waals surface area contributed by atoms with Crippen LogP contribution in [-0.2, 0) is 6.54 Å². The van der Waals surface area contributed by atoms with Crippen LogP contribution in [0.15, 0.2) is 54.3 Å². The van der Waals surface area contributed by atoms with E-state index in [0.29, 0.717) is 40.5 Å². The number of methoxy groups -OCH3 is 1. The standard InChI is InChI=1S/C29H28N2O6/c1-18-13-23(32)22(16-30-9-11-31(12-10-30)20-4-6-21(34-2)7-5-20)29-27(18)28(33)26(37-29)15-19-3-8-24-25(14-19)36-17-35-24/h3-8,13-15,32H,9-12,16-17H2,1-2H3/b26-15-.